The number of carboxylic acid groups (broad SMARTS) is 1. The Morgan fingerprint density at radius 2 is 1.71 bits per heavy atom. The van der Waals surface area contributed by atoms with E-state index in [-0.39, 0.29) is 29.7 Å². The zero-order valence-electron chi connectivity index (χ0n) is 22.8. The van der Waals surface area contributed by atoms with E-state index >= 15 is 0 Å². The Hall–Kier alpha value is -3.61. The van der Waals surface area contributed by atoms with Gasteiger partial charge in [-0.15, -0.1) is 0 Å². The molecule has 0 aromatic heterocycles. The fourth-order valence-electron chi connectivity index (χ4n) is 6.29. The minimum Gasteiger partial charge on any atom is -0.450 e. The summed E-state index contributed by atoms with van der Waals surface area (Å²) >= 11 is 3.74. The number of nitrogens with one attached hydrogen (secondary N) is 1. The topological polar surface area (TPSA) is 156 Å². The SMILES string of the molecule is N[C@@](Cc1cccc(NC(=O)S)c1)(C(=O)N1CC2CCCCC2CC1OC(=O)O)S(=O)(=O)c1ccc2ccccc2c1. The van der Waals surface area contributed by atoms with Gasteiger partial charge in [0.25, 0.3) is 11.1 Å². The van der Waals surface area contributed by atoms with Gasteiger partial charge in [0.15, 0.2) is 6.23 Å². The zero-order chi connectivity index (χ0) is 30.1. The van der Waals surface area contributed by atoms with Gasteiger partial charge in [-0.2, -0.15) is 0 Å². The lowest BCUT2D eigenvalue weighted by Gasteiger charge is -2.47. The molecule has 1 aliphatic carbocycles. The Bertz CT molecular complexity index is 1630. The third-order valence-corrected chi connectivity index (χ3v) is 10.6. The molecule has 3 aromatic carbocycles. The number of sulfone groups is 1. The minimum absolute atomic E-state index is 0.0814. The molecule has 0 bridgehead atoms. The maximum atomic E-state index is 14.5. The highest BCUT2D eigenvalue weighted by Gasteiger charge is 2.54. The number of likely N-dealkylation sites (tertiary alicyclic amines) is 1. The number of fused-ring (bicyclic) bond motifs is 2. The summed E-state index contributed by atoms with van der Waals surface area (Å²) in [5.41, 5.74) is 7.51. The molecule has 4 atom stereocenters. The number of nitrogens with two attached hydrogens (primary N) is 1. The number of benzene rings is 3. The number of thiol groups is 1. The molecule has 10 nitrogen and oxygen atoms in total. The van der Waals surface area contributed by atoms with Crippen LogP contribution in [0.3, 0.4) is 0 Å². The van der Waals surface area contributed by atoms with Gasteiger partial charge >= 0.3 is 6.16 Å². The summed E-state index contributed by atoms with van der Waals surface area (Å²) in [7, 11) is -4.57. The van der Waals surface area contributed by atoms with Gasteiger partial charge in [-0.05, 0) is 65.3 Å². The molecule has 0 spiro atoms. The number of piperidine rings is 1. The third kappa shape index (κ3) is 5.97. The second-order valence-corrected chi connectivity index (χ2v) is 13.7. The summed E-state index contributed by atoms with van der Waals surface area (Å²) < 4.78 is 34.1. The first kappa shape index (κ1) is 29.9. The van der Waals surface area contributed by atoms with Crippen LogP contribution in [-0.4, -0.2) is 53.4 Å². The van der Waals surface area contributed by atoms with E-state index < -0.39 is 44.7 Å². The highest BCUT2D eigenvalue weighted by Crippen LogP contribution is 2.41. The number of anilines is 1. The Balaban J connectivity index is 1.60. The maximum Gasteiger partial charge on any atom is 0.507 e. The van der Waals surface area contributed by atoms with Gasteiger partial charge < -0.3 is 25.8 Å². The number of amides is 2. The van der Waals surface area contributed by atoms with Crippen LogP contribution in [0.2, 0.25) is 0 Å². The van der Waals surface area contributed by atoms with Crippen molar-refractivity contribution in [2.24, 2.45) is 17.6 Å². The number of ether oxygens (including phenoxy) is 1. The average molecular weight is 612 g/mol. The average Bonchev–Trinajstić information content (AvgIpc) is 2.95. The van der Waals surface area contributed by atoms with Crippen molar-refractivity contribution in [3.8, 4) is 0 Å². The van der Waals surface area contributed by atoms with E-state index in [4.69, 9.17) is 10.5 Å². The van der Waals surface area contributed by atoms with Crippen molar-refractivity contribution < 1.29 is 32.6 Å². The van der Waals surface area contributed by atoms with Gasteiger partial charge in [0.05, 0.1) is 4.90 Å². The van der Waals surface area contributed by atoms with Crippen LogP contribution >= 0.6 is 12.6 Å². The van der Waals surface area contributed by atoms with E-state index in [9.17, 15) is 27.9 Å². The molecule has 2 amide bonds. The Labute approximate surface area is 249 Å². The molecule has 1 aliphatic heterocycles. The third-order valence-electron chi connectivity index (χ3n) is 8.37. The molecule has 3 unspecified atom stereocenters. The highest BCUT2D eigenvalue weighted by atomic mass is 32.2. The summed E-state index contributed by atoms with van der Waals surface area (Å²) in [5.74, 6) is -0.689. The van der Waals surface area contributed by atoms with E-state index in [0.717, 1.165) is 31.1 Å². The lowest BCUT2D eigenvalue weighted by Crippen LogP contribution is -2.65. The Morgan fingerprint density at radius 1 is 1.00 bits per heavy atom. The number of hydrogen-bond donors (Lipinski definition) is 4. The molecule has 12 heteroatoms. The van der Waals surface area contributed by atoms with Crippen LogP contribution in [0.25, 0.3) is 10.8 Å². The quantitative estimate of drug-likeness (QED) is 0.214. The molecule has 0 radical (unpaired) electrons. The van der Waals surface area contributed by atoms with E-state index in [1.165, 1.54) is 23.1 Å². The summed E-state index contributed by atoms with van der Waals surface area (Å²) in [5, 5.41) is 12.9. The minimum atomic E-state index is -4.57. The van der Waals surface area contributed by atoms with Crippen molar-refractivity contribution in [2.75, 3.05) is 11.9 Å². The predicted octanol–water partition coefficient (Wildman–Crippen LogP) is 5.03. The molecule has 4 N–H and O–H groups in total. The standard InChI is InChI=1S/C30H33N3O7S2/c31-30(17-19-6-5-11-24(14-19)32-28(35)41,42(38,39)25-13-12-20-7-1-2-8-21(20)15-25)27(34)33-18-23-10-4-3-9-22(23)16-26(33)40-29(36)37/h1-2,5-8,11-15,22-23,26H,3-4,9-10,16-18,31H2,(H,36,37)(H2,32,35,41)/t22?,23?,26?,30-/m1/s1. The van der Waals surface area contributed by atoms with Crippen LogP contribution in [-0.2, 0) is 25.8 Å². The summed E-state index contributed by atoms with van der Waals surface area (Å²) in [6, 6.07) is 18.1. The van der Waals surface area contributed by atoms with Crippen LogP contribution in [0.4, 0.5) is 15.3 Å². The molecule has 1 heterocycles. The van der Waals surface area contributed by atoms with Gasteiger partial charge in [-0.3, -0.25) is 9.59 Å². The molecule has 2 aliphatic rings. The van der Waals surface area contributed by atoms with Gasteiger partial charge in [0, 0.05) is 25.1 Å². The van der Waals surface area contributed by atoms with Crippen molar-refractivity contribution in [3.05, 3.63) is 72.3 Å². The molecule has 42 heavy (non-hydrogen) atoms. The molecule has 5 rings (SSSR count). The monoisotopic (exact) mass is 611 g/mol. The van der Waals surface area contributed by atoms with Crippen molar-refractivity contribution >= 4 is 56.2 Å². The Morgan fingerprint density at radius 3 is 2.43 bits per heavy atom. The summed E-state index contributed by atoms with van der Waals surface area (Å²) in [6.07, 6.45) is 0.820. The summed E-state index contributed by atoms with van der Waals surface area (Å²) in [6.45, 7) is 0.142. The van der Waals surface area contributed by atoms with Gasteiger partial charge in [-0.1, -0.05) is 67.9 Å². The molecule has 1 saturated carbocycles. The number of nitrogens with zero attached hydrogens (tertiary/aromatic N) is 1. The van der Waals surface area contributed by atoms with E-state index in [2.05, 4.69) is 17.9 Å². The molecule has 222 valence electrons. The van der Waals surface area contributed by atoms with Crippen molar-refractivity contribution in [2.45, 2.75) is 54.5 Å². The highest BCUT2D eigenvalue weighted by molar-refractivity contribution is 7.96. The molecule has 2 fully saturated rings. The first-order valence-corrected chi connectivity index (χ1v) is 15.7. The van der Waals surface area contributed by atoms with E-state index in [1.54, 1.807) is 36.4 Å². The predicted molar refractivity (Wildman–Crippen MR) is 161 cm³/mol. The Kier molecular flexibility index (Phi) is 8.49. The van der Waals surface area contributed by atoms with Gasteiger partial charge in [-0.25, -0.2) is 13.2 Å². The second-order valence-electron chi connectivity index (χ2n) is 11.0. The molecular formula is C30H33N3O7S2. The van der Waals surface area contributed by atoms with E-state index in [1.807, 2.05) is 12.1 Å². The van der Waals surface area contributed by atoms with E-state index in [0.29, 0.717) is 16.6 Å². The normalized spacial score (nSPS) is 22.0. The fraction of sp³-hybridized carbons (Fsp3) is 0.367. The van der Waals surface area contributed by atoms with Crippen molar-refractivity contribution in [1.82, 2.24) is 4.90 Å². The number of hydrogen-bond acceptors (Lipinski definition) is 7. The van der Waals surface area contributed by atoms with Crippen molar-refractivity contribution in [1.29, 1.82) is 0 Å². The smallest absolute Gasteiger partial charge is 0.450 e. The van der Waals surface area contributed by atoms with Crippen LogP contribution in [0, 0.1) is 11.8 Å². The lowest BCUT2D eigenvalue weighted by atomic mass is 9.74. The van der Waals surface area contributed by atoms with Crippen LogP contribution in [0.1, 0.15) is 37.7 Å². The van der Waals surface area contributed by atoms with Crippen LogP contribution in [0.5, 0.6) is 0 Å². The van der Waals surface area contributed by atoms with Crippen molar-refractivity contribution in [3.63, 3.8) is 0 Å². The molecule has 3 aromatic rings. The molecular weight excluding hydrogens is 578 g/mol. The fourth-order valence-corrected chi connectivity index (χ4v) is 8.08. The number of carbonyl (C=O) groups excluding carboxylic acids is 2. The second kappa shape index (κ2) is 11.9. The first-order chi connectivity index (χ1) is 20.0. The zero-order valence-corrected chi connectivity index (χ0v) is 24.5. The maximum absolute atomic E-state index is 14.5. The summed E-state index contributed by atoms with van der Waals surface area (Å²) in [4.78, 5) is 36.2. The molecule has 1 saturated heterocycles. The largest absolute Gasteiger partial charge is 0.507 e. The van der Waals surface area contributed by atoms with Gasteiger partial charge in [0.2, 0.25) is 14.7 Å². The lowest BCUT2D eigenvalue weighted by molar-refractivity contribution is -0.156. The number of rotatable bonds is 7. The van der Waals surface area contributed by atoms with Crippen LogP contribution < -0.4 is 11.1 Å². The van der Waals surface area contributed by atoms with Gasteiger partial charge in [0.1, 0.15) is 0 Å². The number of carbonyl (C=O) groups is 3. The van der Waals surface area contributed by atoms with Crippen LogP contribution in [0.15, 0.2) is 71.6 Å². The first-order valence-electron chi connectivity index (χ1n) is 13.8.